The van der Waals surface area contributed by atoms with Crippen LogP contribution in [0.1, 0.15) is 17.0 Å². The number of hydrogen-bond donors (Lipinski definition) is 1. The van der Waals surface area contributed by atoms with Crippen LogP contribution < -0.4 is 5.73 Å². The van der Waals surface area contributed by atoms with Crippen LogP contribution in [0.2, 0.25) is 0 Å². The second-order valence-electron chi connectivity index (χ2n) is 3.32. The lowest BCUT2D eigenvalue weighted by atomic mass is 9.98. The quantitative estimate of drug-likeness (QED) is 0.856. The van der Waals surface area contributed by atoms with Crippen molar-refractivity contribution in [3.8, 4) is 0 Å². The van der Waals surface area contributed by atoms with E-state index >= 15 is 0 Å². The van der Waals surface area contributed by atoms with E-state index in [0.717, 1.165) is 15.6 Å². The fraction of sp³-hybridized carbons (Fsp3) is 0.364. The standard InChI is InChI=1S/C11H14BrNO2/c1-7-3-4-8(5-10(7)12)9(6-13)11(14)15-2/h3-5,9H,6,13H2,1-2H3. The molecule has 1 aromatic carbocycles. The second kappa shape index (κ2) is 5.28. The molecule has 0 radical (unpaired) electrons. The third-order valence-corrected chi connectivity index (χ3v) is 3.17. The summed E-state index contributed by atoms with van der Waals surface area (Å²) in [6.45, 7) is 2.24. The van der Waals surface area contributed by atoms with E-state index in [4.69, 9.17) is 10.5 Å². The van der Waals surface area contributed by atoms with Crippen molar-refractivity contribution in [3.63, 3.8) is 0 Å². The molecule has 0 bridgehead atoms. The Morgan fingerprint density at radius 2 is 2.27 bits per heavy atom. The van der Waals surface area contributed by atoms with Gasteiger partial charge in [-0.15, -0.1) is 0 Å². The first-order valence-corrected chi connectivity index (χ1v) is 5.43. The molecule has 1 unspecified atom stereocenters. The molecule has 0 aliphatic carbocycles. The van der Waals surface area contributed by atoms with E-state index in [1.165, 1.54) is 7.11 Å². The van der Waals surface area contributed by atoms with Gasteiger partial charge in [0.2, 0.25) is 0 Å². The van der Waals surface area contributed by atoms with E-state index in [-0.39, 0.29) is 18.4 Å². The van der Waals surface area contributed by atoms with Crippen molar-refractivity contribution in [1.82, 2.24) is 0 Å². The molecule has 3 nitrogen and oxygen atoms in total. The van der Waals surface area contributed by atoms with Gasteiger partial charge in [0.15, 0.2) is 0 Å². The monoisotopic (exact) mass is 271 g/mol. The van der Waals surface area contributed by atoms with Crippen LogP contribution in [0, 0.1) is 6.92 Å². The smallest absolute Gasteiger partial charge is 0.314 e. The Labute approximate surface area is 97.7 Å². The van der Waals surface area contributed by atoms with Gasteiger partial charge in [0, 0.05) is 11.0 Å². The summed E-state index contributed by atoms with van der Waals surface area (Å²) in [5.74, 6) is -0.680. The Morgan fingerprint density at radius 3 is 2.73 bits per heavy atom. The van der Waals surface area contributed by atoms with Gasteiger partial charge in [-0.05, 0) is 24.1 Å². The van der Waals surface area contributed by atoms with Gasteiger partial charge in [0.25, 0.3) is 0 Å². The lowest BCUT2D eigenvalue weighted by molar-refractivity contribution is -0.142. The maximum atomic E-state index is 11.4. The first-order valence-electron chi connectivity index (χ1n) is 4.64. The number of rotatable bonds is 3. The fourth-order valence-corrected chi connectivity index (χ4v) is 1.73. The predicted octanol–water partition coefficient (Wildman–Crippen LogP) is 1.97. The van der Waals surface area contributed by atoms with Gasteiger partial charge in [-0.3, -0.25) is 4.79 Å². The molecule has 4 heteroatoms. The minimum Gasteiger partial charge on any atom is -0.469 e. The first kappa shape index (κ1) is 12.2. The van der Waals surface area contributed by atoms with Crippen LogP contribution in [0.4, 0.5) is 0 Å². The highest BCUT2D eigenvalue weighted by Crippen LogP contribution is 2.23. The maximum Gasteiger partial charge on any atom is 0.314 e. The highest BCUT2D eigenvalue weighted by atomic mass is 79.9. The average molecular weight is 272 g/mol. The lowest BCUT2D eigenvalue weighted by Gasteiger charge is -2.13. The van der Waals surface area contributed by atoms with Gasteiger partial charge in [-0.1, -0.05) is 28.1 Å². The Hall–Kier alpha value is -0.870. The van der Waals surface area contributed by atoms with E-state index in [1.807, 2.05) is 25.1 Å². The molecule has 1 aromatic rings. The lowest BCUT2D eigenvalue weighted by Crippen LogP contribution is -2.22. The largest absolute Gasteiger partial charge is 0.469 e. The van der Waals surface area contributed by atoms with Crippen molar-refractivity contribution >= 4 is 21.9 Å². The Kier molecular flexibility index (Phi) is 4.29. The number of halogens is 1. The van der Waals surface area contributed by atoms with Gasteiger partial charge in [-0.2, -0.15) is 0 Å². The highest BCUT2D eigenvalue weighted by Gasteiger charge is 2.19. The van der Waals surface area contributed by atoms with Crippen molar-refractivity contribution in [2.24, 2.45) is 5.73 Å². The molecule has 0 aliphatic rings. The van der Waals surface area contributed by atoms with E-state index in [1.54, 1.807) is 0 Å². The Balaban J connectivity index is 3.02. The summed E-state index contributed by atoms with van der Waals surface area (Å²) < 4.78 is 5.67. The number of methoxy groups -OCH3 is 1. The topological polar surface area (TPSA) is 52.3 Å². The fourth-order valence-electron chi connectivity index (χ4n) is 1.34. The number of esters is 1. The summed E-state index contributed by atoms with van der Waals surface area (Å²) in [6, 6.07) is 5.75. The third kappa shape index (κ3) is 2.79. The van der Waals surface area contributed by atoms with Gasteiger partial charge >= 0.3 is 5.97 Å². The molecule has 1 rings (SSSR count). The molecule has 0 aliphatic heterocycles. The van der Waals surface area contributed by atoms with Gasteiger partial charge in [0.05, 0.1) is 13.0 Å². The second-order valence-corrected chi connectivity index (χ2v) is 4.17. The molecular formula is C11H14BrNO2. The molecule has 0 amide bonds. The van der Waals surface area contributed by atoms with Crippen LogP contribution in [0.5, 0.6) is 0 Å². The number of carbonyl (C=O) groups is 1. The normalized spacial score (nSPS) is 12.3. The molecule has 0 heterocycles. The summed E-state index contributed by atoms with van der Waals surface area (Å²) >= 11 is 3.42. The molecule has 2 N–H and O–H groups in total. The van der Waals surface area contributed by atoms with Crippen molar-refractivity contribution in [3.05, 3.63) is 33.8 Å². The van der Waals surface area contributed by atoms with Gasteiger partial charge in [-0.25, -0.2) is 0 Å². The molecule has 0 saturated heterocycles. The van der Waals surface area contributed by atoms with E-state index in [2.05, 4.69) is 15.9 Å². The molecule has 0 spiro atoms. The number of nitrogens with two attached hydrogens (primary N) is 1. The molecule has 0 saturated carbocycles. The molecule has 0 fully saturated rings. The summed E-state index contributed by atoms with van der Waals surface area (Å²) in [6.07, 6.45) is 0. The highest BCUT2D eigenvalue weighted by molar-refractivity contribution is 9.10. The zero-order valence-electron chi connectivity index (χ0n) is 8.79. The van der Waals surface area contributed by atoms with E-state index < -0.39 is 0 Å². The number of hydrogen-bond acceptors (Lipinski definition) is 3. The van der Waals surface area contributed by atoms with Crippen LogP contribution in [-0.2, 0) is 9.53 Å². The average Bonchev–Trinajstić information content (AvgIpc) is 2.24. The van der Waals surface area contributed by atoms with Crippen LogP contribution >= 0.6 is 15.9 Å². The van der Waals surface area contributed by atoms with E-state index in [0.29, 0.717) is 0 Å². The Bertz CT molecular complexity index is 366. The van der Waals surface area contributed by atoms with Gasteiger partial charge in [0.1, 0.15) is 0 Å². The minimum atomic E-state index is -0.383. The van der Waals surface area contributed by atoms with Crippen molar-refractivity contribution in [2.75, 3.05) is 13.7 Å². The molecule has 0 aromatic heterocycles. The summed E-state index contributed by atoms with van der Waals surface area (Å²) in [5, 5.41) is 0. The van der Waals surface area contributed by atoms with Crippen molar-refractivity contribution in [2.45, 2.75) is 12.8 Å². The van der Waals surface area contributed by atoms with Crippen LogP contribution in [0.25, 0.3) is 0 Å². The minimum absolute atomic E-state index is 0.252. The summed E-state index contributed by atoms with van der Waals surface area (Å²) in [5.41, 5.74) is 7.55. The third-order valence-electron chi connectivity index (χ3n) is 2.32. The molecular weight excluding hydrogens is 258 g/mol. The first-order chi connectivity index (χ1) is 7.10. The van der Waals surface area contributed by atoms with Crippen molar-refractivity contribution in [1.29, 1.82) is 0 Å². The van der Waals surface area contributed by atoms with Crippen molar-refractivity contribution < 1.29 is 9.53 Å². The Morgan fingerprint density at radius 1 is 1.60 bits per heavy atom. The predicted molar refractivity (Wildman–Crippen MR) is 62.7 cm³/mol. The van der Waals surface area contributed by atoms with Crippen LogP contribution in [0.3, 0.4) is 0 Å². The number of aryl methyl sites for hydroxylation is 1. The molecule has 15 heavy (non-hydrogen) atoms. The van der Waals surface area contributed by atoms with E-state index in [9.17, 15) is 4.79 Å². The van der Waals surface area contributed by atoms with Crippen LogP contribution in [0.15, 0.2) is 22.7 Å². The van der Waals surface area contributed by atoms with Gasteiger partial charge < -0.3 is 10.5 Å². The number of ether oxygens (including phenoxy) is 1. The SMILES string of the molecule is COC(=O)C(CN)c1ccc(C)c(Br)c1. The number of carbonyl (C=O) groups excluding carboxylic acids is 1. The number of benzene rings is 1. The molecule has 1 atom stereocenters. The zero-order chi connectivity index (χ0) is 11.4. The zero-order valence-corrected chi connectivity index (χ0v) is 10.4. The summed E-state index contributed by atoms with van der Waals surface area (Å²) in [7, 11) is 1.37. The molecule has 82 valence electrons. The maximum absolute atomic E-state index is 11.4. The summed E-state index contributed by atoms with van der Waals surface area (Å²) in [4.78, 5) is 11.4. The van der Waals surface area contributed by atoms with Crippen LogP contribution in [-0.4, -0.2) is 19.6 Å².